The first-order valence-electron chi connectivity index (χ1n) is 8.19. The quantitative estimate of drug-likeness (QED) is 0.913. The standard InChI is InChI=1S/C18H23N3/c1-2-6-18-14(4-1)10-19-11-15(18)12-21(17-7-8-17)13-16-5-3-9-20-16/h1-2,4,6,10-11,16-17,20H,3,5,7-9,12-13H2. The van der Waals surface area contributed by atoms with Gasteiger partial charge in [-0.3, -0.25) is 9.88 Å². The average Bonchev–Trinajstić information content (AvgIpc) is 3.25. The molecule has 1 aliphatic carbocycles. The molecule has 0 amide bonds. The molecule has 3 nitrogen and oxygen atoms in total. The van der Waals surface area contributed by atoms with Crippen LogP contribution in [0.3, 0.4) is 0 Å². The summed E-state index contributed by atoms with van der Waals surface area (Å²) in [5, 5.41) is 6.25. The summed E-state index contributed by atoms with van der Waals surface area (Å²) >= 11 is 0. The zero-order valence-corrected chi connectivity index (χ0v) is 12.5. The van der Waals surface area contributed by atoms with Crippen molar-refractivity contribution in [3.05, 3.63) is 42.2 Å². The third-order valence-corrected chi connectivity index (χ3v) is 4.80. The highest BCUT2D eigenvalue weighted by Gasteiger charge is 2.31. The number of pyridine rings is 1. The van der Waals surface area contributed by atoms with Gasteiger partial charge in [-0.1, -0.05) is 24.3 Å². The number of hydrogen-bond acceptors (Lipinski definition) is 3. The Morgan fingerprint density at radius 3 is 2.86 bits per heavy atom. The number of aromatic nitrogens is 1. The number of fused-ring (bicyclic) bond motifs is 1. The van der Waals surface area contributed by atoms with Gasteiger partial charge in [0.2, 0.25) is 0 Å². The molecule has 0 radical (unpaired) electrons. The second kappa shape index (κ2) is 5.74. The zero-order chi connectivity index (χ0) is 14.1. The van der Waals surface area contributed by atoms with Crippen molar-refractivity contribution in [2.24, 2.45) is 0 Å². The predicted octanol–water partition coefficient (Wildman–Crippen LogP) is 2.95. The maximum Gasteiger partial charge on any atom is 0.0346 e. The molecule has 2 aliphatic rings. The Balaban J connectivity index is 1.56. The van der Waals surface area contributed by atoms with Gasteiger partial charge >= 0.3 is 0 Å². The fraction of sp³-hybridized carbons (Fsp3) is 0.500. The van der Waals surface area contributed by atoms with Crippen molar-refractivity contribution >= 4 is 10.8 Å². The fourth-order valence-electron chi connectivity index (χ4n) is 3.50. The van der Waals surface area contributed by atoms with E-state index in [1.54, 1.807) is 0 Å². The van der Waals surface area contributed by atoms with Gasteiger partial charge in [-0.05, 0) is 43.2 Å². The summed E-state index contributed by atoms with van der Waals surface area (Å²) in [5.74, 6) is 0. The Morgan fingerprint density at radius 1 is 1.14 bits per heavy atom. The number of nitrogens with zero attached hydrogens (tertiary/aromatic N) is 2. The van der Waals surface area contributed by atoms with Crippen molar-refractivity contribution in [2.75, 3.05) is 13.1 Å². The smallest absolute Gasteiger partial charge is 0.0346 e. The van der Waals surface area contributed by atoms with E-state index in [9.17, 15) is 0 Å². The van der Waals surface area contributed by atoms with Crippen molar-refractivity contribution < 1.29 is 0 Å². The average molecular weight is 281 g/mol. The lowest BCUT2D eigenvalue weighted by Gasteiger charge is -2.26. The van der Waals surface area contributed by atoms with E-state index in [-0.39, 0.29) is 0 Å². The van der Waals surface area contributed by atoms with Crippen molar-refractivity contribution in [1.29, 1.82) is 0 Å². The van der Waals surface area contributed by atoms with E-state index < -0.39 is 0 Å². The lowest BCUT2D eigenvalue weighted by Crippen LogP contribution is -2.38. The van der Waals surface area contributed by atoms with Crippen LogP contribution < -0.4 is 5.32 Å². The molecule has 1 aromatic heterocycles. The third-order valence-electron chi connectivity index (χ3n) is 4.80. The Hall–Kier alpha value is -1.45. The molecule has 1 atom stereocenters. The largest absolute Gasteiger partial charge is 0.313 e. The van der Waals surface area contributed by atoms with E-state index in [0.717, 1.165) is 12.6 Å². The highest BCUT2D eigenvalue weighted by atomic mass is 15.2. The van der Waals surface area contributed by atoms with Gasteiger partial charge < -0.3 is 5.32 Å². The van der Waals surface area contributed by atoms with Gasteiger partial charge in [0.1, 0.15) is 0 Å². The summed E-state index contributed by atoms with van der Waals surface area (Å²) in [7, 11) is 0. The van der Waals surface area contributed by atoms with Crippen LogP contribution in [0.25, 0.3) is 10.8 Å². The van der Waals surface area contributed by atoms with Gasteiger partial charge in [0.15, 0.2) is 0 Å². The summed E-state index contributed by atoms with van der Waals surface area (Å²) in [4.78, 5) is 7.11. The monoisotopic (exact) mass is 281 g/mol. The molecule has 1 aliphatic heterocycles. The molecule has 1 N–H and O–H groups in total. The minimum Gasteiger partial charge on any atom is -0.313 e. The molecule has 0 spiro atoms. The number of nitrogens with one attached hydrogen (secondary N) is 1. The van der Waals surface area contributed by atoms with Crippen molar-refractivity contribution in [1.82, 2.24) is 15.2 Å². The van der Waals surface area contributed by atoms with Crippen LogP contribution in [0.2, 0.25) is 0 Å². The summed E-state index contributed by atoms with van der Waals surface area (Å²) < 4.78 is 0. The van der Waals surface area contributed by atoms with Gasteiger partial charge in [-0.2, -0.15) is 0 Å². The minimum atomic E-state index is 0.688. The molecular weight excluding hydrogens is 258 g/mol. The van der Waals surface area contributed by atoms with Crippen LogP contribution in [-0.2, 0) is 6.54 Å². The molecule has 2 aromatic rings. The van der Waals surface area contributed by atoms with Crippen molar-refractivity contribution in [3.8, 4) is 0 Å². The molecule has 1 saturated carbocycles. The van der Waals surface area contributed by atoms with Gasteiger partial charge in [-0.25, -0.2) is 0 Å². The Kier molecular flexibility index (Phi) is 3.62. The van der Waals surface area contributed by atoms with Gasteiger partial charge in [0.05, 0.1) is 0 Å². The van der Waals surface area contributed by atoms with Crippen LogP contribution in [0.5, 0.6) is 0 Å². The molecule has 21 heavy (non-hydrogen) atoms. The zero-order valence-electron chi connectivity index (χ0n) is 12.5. The van der Waals surface area contributed by atoms with E-state index in [4.69, 9.17) is 0 Å². The molecule has 2 heterocycles. The molecule has 3 heteroatoms. The molecule has 1 aromatic carbocycles. The first-order chi connectivity index (χ1) is 10.4. The van der Waals surface area contributed by atoms with Gasteiger partial charge in [0, 0.05) is 43.0 Å². The number of hydrogen-bond donors (Lipinski definition) is 1. The molecule has 1 saturated heterocycles. The number of benzene rings is 1. The molecular formula is C18H23N3. The highest BCUT2D eigenvalue weighted by molar-refractivity contribution is 5.84. The lowest BCUT2D eigenvalue weighted by molar-refractivity contribution is 0.232. The van der Waals surface area contributed by atoms with Crippen LogP contribution >= 0.6 is 0 Å². The Morgan fingerprint density at radius 2 is 2.05 bits per heavy atom. The molecule has 4 rings (SSSR count). The highest BCUT2D eigenvalue weighted by Crippen LogP contribution is 2.30. The second-order valence-electron chi connectivity index (χ2n) is 6.47. The summed E-state index contributed by atoms with van der Waals surface area (Å²) in [6.45, 7) is 3.42. The van der Waals surface area contributed by atoms with Crippen LogP contribution in [-0.4, -0.2) is 35.1 Å². The van der Waals surface area contributed by atoms with Crippen molar-refractivity contribution in [3.63, 3.8) is 0 Å². The summed E-state index contributed by atoms with van der Waals surface area (Å²) in [6.07, 6.45) is 9.42. The second-order valence-corrected chi connectivity index (χ2v) is 6.47. The van der Waals surface area contributed by atoms with E-state index in [1.807, 2.05) is 6.20 Å². The van der Waals surface area contributed by atoms with Gasteiger partial charge in [0.25, 0.3) is 0 Å². The Bertz CT molecular complexity index is 609. The Labute approximate surface area is 126 Å². The van der Waals surface area contributed by atoms with Crippen molar-refractivity contribution in [2.45, 2.75) is 44.3 Å². The third kappa shape index (κ3) is 2.94. The SMILES string of the molecule is c1ccc2c(CN(CC3CCCN3)C3CC3)cncc2c1. The minimum absolute atomic E-state index is 0.688. The molecule has 2 fully saturated rings. The molecule has 0 bridgehead atoms. The summed E-state index contributed by atoms with van der Waals surface area (Å²) in [5.41, 5.74) is 1.37. The number of rotatable bonds is 5. The predicted molar refractivity (Wildman–Crippen MR) is 86.2 cm³/mol. The van der Waals surface area contributed by atoms with E-state index in [1.165, 1.54) is 55.1 Å². The van der Waals surface area contributed by atoms with Crippen LogP contribution in [0, 0.1) is 0 Å². The van der Waals surface area contributed by atoms with E-state index >= 15 is 0 Å². The van der Waals surface area contributed by atoms with Gasteiger partial charge in [-0.15, -0.1) is 0 Å². The maximum absolute atomic E-state index is 4.44. The van der Waals surface area contributed by atoms with E-state index in [2.05, 4.69) is 45.7 Å². The fourth-order valence-corrected chi connectivity index (χ4v) is 3.50. The molecule has 1 unspecified atom stereocenters. The summed E-state index contributed by atoms with van der Waals surface area (Å²) in [6, 6.07) is 10.1. The van der Waals surface area contributed by atoms with Crippen LogP contribution in [0.15, 0.2) is 36.7 Å². The topological polar surface area (TPSA) is 28.2 Å². The lowest BCUT2D eigenvalue weighted by atomic mass is 10.1. The molecule has 110 valence electrons. The maximum atomic E-state index is 4.44. The van der Waals surface area contributed by atoms with E-state index in [0.29, 0.717) is 6.04 Å². The first-order valence-corrected chi connectivity index (χ1v) is 8.19. The first kappa shape index (κ1) is 13.2. The van der Waals surface area contributed by atoms with Crippen LogP contribution in [0.1, 0.15) is 31.2 Å². The normalized spacial score (nSPS) is 22.2. The van der Waals surface area contributed by atoms with Crippen LogP contribution in [0.4, 0.5) is 0 Å².